The van der Waals surface area contributed by atoms with Gasteiger partial charge >= 0.3 is 6.09 Å². The molecule has 3 amide bonds. The van der Waals surface area contributed by atoms with E-state index in [2.05, 4.69) is 17.3 Å². The lowest BCUT2D eigenvalue weighted by Gasteiger charge is -2.33. The van der Waals surface area contributed by atoms with Crippen LogP contribution in [0, 0.1) is 0 Å². The minimum atomic E-state index is -1.06. The van der Waals surface area contributed by atoms with Crippen molar-refractivity contribution in [1.82, 2.24) is 15.8 Å². The minimum Gasteiger partial charge on any atom is -0.443 e. The van der Waals surface area contributed by atoms with Gasteiger partial charge in [0, 0.05) is 18.2 Å². The third-order valence-electron chi connectivity index (χ3n) is 4.43. The molecular formula is C23H36N4O5. The average molecular weight is 449 g/mol. The van der Waals surface area contributed by atoms with Crippen LogP contribution in [0.5, 0.6) is 0 Å². The number of hydrazine groups is 1. The molecule has 9 heteroatoms. The number of ether oxygens (including phenoxy) is 1. The average Bonchev–Trinajstić information content (AvgIpc) is 2.65. The lowest BCUT2D eigenvalue weighted by Crippen LogP contribution is -2.55. The predicted molar refractivity (Wildman–Crippen MR) is 122 cm³/mol. The van der Waals surface area contributed by atoms with Crippen molar-refractivity contribution in [2.75, 3.05) is 6.54 Å². The van der Waals surface area contributed by atoms with Gasteiger partial charge in [0.05, 0.1) is 18.6 Å². The molecule has 5 N–H and O–H groups in total. The summed E-state index contributed by atoms with van der Waals surface area (Å²) in [5.74, 6) is -1.24. The molecule has 0 spiro atoms. The Labute approximate surface area is 190 Å². The lowest BCUT2D eigenvalue weighted by atomic mass is 10.00. The molecule has 9 nitrogen and oxygen atoms in total. The Hall–Kier alpha value is -2.91. The van der Waals surface area contributed by atoms with Crippen LogP contribution in [0.25, 0.3) is 0 Å². The Morgan fingerprint density at radius 2 is 1.78 bits per heavy atom. The quantitative estimate of drug-likeness (QED) is 0.300. The lowest BCUT2D eigenvalue weighted by molar-refractivity contribution is -0.122. The van der Waals surface area contributed by atoms with E-state index in [9.17, 15) is 19.5 Å². The third kappa shape index (κ3) is 10.4. The highest BCUT2D eigenvalue weighted by atomic mass is 16.6. The van der Waals surface area contributed by atoms with Crippen molar-refractivity contribution in [2.24, 2.45) is 5.73 Å². The number of nitrogens with one attached hydrogen (secondary N) is 2. The standard InChI is InChI=1S/C23H36N4O5/c1-15(2)27(26-22(31)32-23(4,5)6)14-19(28)18(13-17-10-8-7-9-11-17)25-21(30)16(3)12-20(24)29/h7-11,15,18-19,28H,3,12-14H2,1-2,4-6H3,(H2,24,29)(H,25,30)(H,26,31)/t18-,19?/m0/s1. The van der Waals surface area contributed by atoms with Gasteiger partial charge in [0.15, 0.2) is 0 Å². The van der Waals surface area contributed by atoms with Crippen molar-refractivity contribution in [3.8, 4) is 0 Å². The minimum absolute atomic E-state index is 0.00959. The number of nitrogens with zero attached hydrogens (tertiary/aromatic N) is 1. The molecule has 1 rings (SSSR count). The van der Waals surface area contributed by atoms with Gasteiger partial charge in [0.2, 0.25) is 11.8 Å². The van der Waals surface area contributed by atoms with Crippen LogP contribution in [0.2, 0.25) is 0 Å². The van der Waals surface area contributed by atoms with E-state index in [1.165, 1.54) is 0 Å². The van der Waals surface area contributed by atoms with Crippen molar-refractivity contribution < 1.29 is 24.2 Å². The number of carbonyl (C=O) groups is 3. The molecule has 0 bridgehead atoms. The van der Waals surface area contributed by atoms with Crippen LogP contribution in [-0.4, -0.2) is 58.4 Å². The summed E-state index contributed by atoms with van der Waals surface area (Å²) in [5, 5.41) is 15.3. The van der Waals surface area contributed by atoms with Gasteiger partial charge in [-0.1, -0.05) is 36.9 Å². The van der Waals surface area contributed by atoms with E-state index in [0.717, 1.165) is 5.56 Å². The largest absolute Gasteiger partial charge is 0.443 e. The molecule has 1 unspecified atom stereocenters. The molecule has 0 heterocycles. The maximum atomic E-state index is 12.5. The van der Waals surface area contributed by atoms with Crippen LogP contribution in [0.15, 0.2) is 42.5 Å². The first-order valence-electron chi connectivity index (χ1n) is 10.5. The van der Waals surface area contributed by atoms with Gasteiger partial charge in [-0.3, -0.25) is 15.0 Å². The maximum Gasteiger partial charge on any atom is 0.422 e. The molecule has 0 radical (unpaired) electrons. The van der Waals surface area contributed by atoms with Crippen molar-refractivity contribution in [2.45, 2.75) is 71.2 Å². The number of rotatable bonds is 11. The summed E-state index contributed by atoms with van der Waals surface area (Å²) in [5.41, 5.74) is 8.03. The van der Waals surface area contributed by atoms with Crippen molar-refractivity contribution in [3.63, 3.8) is 0 Å². The molecule has 1 aromatic rings. The second-order valence-corrected chi connectivity index (χ2v) is 8.94. The first kappa shape index (κ1) is 27.1. The number of aliphatic hydroxyl groups is 1. The summed E-state index contributed by atoms with van der Waals surface area (Å²) in [6.07, 6.45) is -1.65. The van der Waals surface area contributed by atoms with E-state index in [-0.39, 0.29) is 24.6 Å². The number of primary amides is 1. The molecule has 0 aromatic heterocycles. The summed E-state index contributed by atoms with van der Waals surface area (Å²) >= 11 is 0. The molecule has 0 saturated heterocycles. The normalized spacial score (nSPS) is 13.4. The smallest absolute Gasteiger partial charge is 0.422 e. The van der Waals surface area contributed by atoms with E-state index >= 15 is 0 Å². The Kier molecular flexibility index (Phi) is 10.3. The molecule has 0 aliphatic carbocycles. The van der Waals surface area contributed by atoms with E-state index in [4.69, 9.17) is 10.5 Å². The highest BCUT2D eigenvalue weighted by Gasteiger charge is 2.28. The van der Waals surface area contributed by atoms with Crippen molar-refractivity contribution in [1.29, 1.82) is 0 Å². The Morgan fingerprint density at radius 3 is 2.28 bits per heavy atom. The number of hydrogen-bond acceptors (Lipinski definition) is 6. The van der Waals surface area contributed by atoms with E-state index in [1.54, 1.807) is 25.8 Å². The third-order valence-corrected chi connectivity index (χ3v) is 4.43. The SMILES string of the molecule is C=C(CC(N)=O)C(=O)N[C@@H](Cc1ccccc1)C(O)CN(NC(=O)OC(C)(C)C)C(C)C. The van der Waals surface area contributed by atoms with Crippen LogP contribution in [-0.2, 0) is 20.7 Å². The number of carbonyl (C=O) groups excluding carboxylic acids is 3. The van der Waals surface area contributed by atoms with Gasteiger partial charge in [-0.2, -0.15) is 0 Å². The molecular weight excluding hydrogens is 412 g/mol. The summed E-state index contributed by atoms with van der Waals surface area (Å²) in [6.45, 7) is 12.6. The van der Waals surface area contributed by atoms with Crippen molar-refractivity contribution >= 4 is 17.9 Å². The predicted octanol–water partition coefficient (Wildman–Crippen LogP) is 1.66. The van der Waals surface area contributed by atoms with Gasteiger partial charge in [0.25, 0.3) is 0 Å². The van der Waals surface area contributed by atoms with Crippen LogP contribution in [0.4, 0.5) is 4.79 Å². The van der Waals surface area contributed by atoms with Gasteiger partial charge in [-0.15, -0.1) is 0 Å². The zero-order chi connectivity index (χ0) is 24.5. The van der Waals surface area contributed by atoms with E-state index in [0.29, 0.717) is 6.42 Å². The second kappa shape index (κ2) is 12.2. The maximum absolute atomic E-state index is 12.5. The summed E-state index contributed by atoms with van der Waals surface area (Å²) < 4.78 is 5.29. The first-order chi connectivity index (χ1) is 14.8. The number of benzene rings is 1. The van der Waals surface area contributed by atoms with Crippen LogP contribution >= 0.6 is 0 Å². The monoisotopic (exact) mass is 448 g/mol. The highest BCUT2D eigenvalue weighted by molar-refractivity contribution is 5.97. The fourth-order valence-corrected chi connectivity index (χ4v) is 2.84. The number of hydrogen-bond donors (Lipinski definition) is 4. The molecule has 0 aliphatic heterocycles. The van der Waals surface area contributed by atoms with Gasteiger partial charge < -0.3 is 20.9 Å². The van der Waals surface area contributed by atoms with Gasteiger partial charge in [-0.25, -0.2) is 9.80 Å². The van der Waals surface area contributed by atoms with Gasteiger partial charge in [-0.05, 0) is 46.6 Å². The van der Waals surface area contributed by atoms with Crippen LogP contribution in [0.1, 0.15) is 46.6 Å². The van der Waals surface area contributed by atoms with E-state index < -0.39 is 35.7 Å². The fourth-order valence-electron chi connectivity index (χ4n) is 2.84. The summed E-state index contributed by atoms with van der Waals surface area (Å²) in [7, 11) is 0. The molecule has 32 heavy (non-hydrogen) atoms. The molecule has 0 fully saturated rings. The molecule has 0 aliphatic rings. The Bertz CT molecular complexity index is 789. The molecule has 1 aromatic carbocycles. The molecule has 178 valence electrons. The number of amides is 3. The Morgan fingerprint density at radius 1 is 1.19 bits per heavy atom. The fraction of sp³-hybridized carbons (Fsp3) is 0.522. The number of nitrogens with two attached hydrogens (primary N) is 1. The second-order valence-electron chi connectivity index (χ2n) is 8.94. The zero-order valence-electron chi connectivity index (χ0n) is 19.6. The van der Waals surface area contributed by atoms with Crippen LogP contribution in [0.3, 0.4) is 0 Å². The zero-order valence-corrected chi connectivity index (χ0v) is 19.6. The summed E-state index contributed by atoms with van der Waals surface area (Å²) in [6, 6.07) is 8.47. The first-order valence-corrected chi connectivity index (χ1v) is 10.5. The van der Waals surface area contributed by atoms with E-state index in [1.807, 2.05) is 44.2 Å². The van der Waals surface area contributed by atoms with Crippen LogP contribution < -0.4 is 16.5 Å². The number of aliphatic hydroxyl groups excluding tert-OH is 1. The topological polar surface area (TPSA) is 134 Å². The van der Waals surface area contributed by atoms with Gasteiger partial charge in [0.1, 0.15) is 5.60 Å². The Balaban J connectivity index is 2.97. The van der Waals surface area contributed by atoms with Crippen molar-refractivity contribution in [3.05, 3.63) is 48.0 Å². The highest BCUT2D eigenvalue weighted by Crippen LogP contribution is 2.11. The molecule has 0 saturated carbocycles. The summed E-state index contributed by atoms with van der Waals surface area (Å²) in [4.78, 5) is 35.8. The molecule has 2 atom stereocenters.